The fourth-order valence-electron chi connectivity index (χ4n) is 1.21. The zero-order valence-corrected chi connectivity index (χ0v) is 5.48. The maximum atomic E-state index is 12.4. The number of aliphatic hydroxyl groups is 2. The van der Waals surface area contributed by atoms with E-state index in [1.807, 2.05) is 0 Å². The third-order valence-corrected chi connectivity index (χ3v) is 1.84. The Hall–Kier alpha value is -0.220. The van der Waals surface area contributed by atoms with Crippen molar-refractivity contribution in [3.63, 3.8) is 0 Å². The van der Waals surface area contributed by atoms with Crippen molar-refractivity contribution in [2.75, 3.05) is 6.61 Å². The van der Waals surface area contributed by atoms with E-state index in [4.69, 9.17) is 10.2 Å². The van der Waals surface area contributed by atoms with Crippen LogP contribution in [0.5, 0.6) is 0 Å². The predicted molar refractivity (Wildman–Crippen MR) is 30.8 cm³/mol. The van der Waals surface area contributed by atoms with Gasteiger partial charge in [0.2, 0.25) is 0 Å². The molecule has 0 bridgehead atoms. The third kappa shape index (κ3) is 1.44. The number of alkyl halides is 2. The first-order valence-corrected chi connectivity index (χ1v) is 3.19. The zero-order chi connectivity index (χ0) is 7.83. The van der Waals surface area contributed by atoms with Gasteiger partial charge in [-0.2, -0.15) is 0 Å². The first-order valence-electron chi connectivity index (χ1n) is 3.19. The molecular weight excluding hydrogens is 142 g/mol. The summed E-state index contributed by atoms with van der Waals surface area (Å²) in [4.78, 5) is 0. The van der Waals surface area contributed by atoms with E-state index in [0.717, 1.165) is 0 Å². The topological polar surface area (TPSA) is 40.5 Å². The van der Waals surface area contributed by atoms with Gasteiger partial charge in [-0.3, -0.25) is 0 Å². The first-order chi connectivity index (χ1) is 4.47. The highest BCUT2D eigenvalue weighted by atomic mass is 19.3. The Kier molecular flexibility index (Phi) is 1.68. The Bertz CT molecular complexity index is 138. The van der Waals surface area contributed by atoms with Gasteiger partial charge >= 0.3 is 0 Å². The van der Waals surface area contributed by atoms with E-state index in [2.05, 4.69) is 0 Å². The van der Waals surface area contributed by atoms with E-state index < -0.39 is 24.6 Å². The van der Waals surface area contributed by atoms with Crippen LogP contribution in [0.3, 0.4) is 0 Å². The van der Waals surface area contributed by atoms with Crippen molar-refractivity contribution in [1.29, 1.82) is 0 Å². The first kappa shape index (κ1) is 7.88. The quantitative estimate of drug-likeness (QED) is 0.575. The van der Waals surface area contributed by atoms with Crippen molar-refractivity contribution >= 4 is 0 Å². The van der Waals surface area contributed by atoms with Gasteiger partial charge in [-0.25, -0.2) is 8.78 Å². The molecule has 0 spiro atoms. The second kappa shape index (κ2) is 2.13. The number of hydrogen-bond donors (Lipinski definition) is 2. The molecule has 1 aliphatic carbocycles. The van der Waals surface area contributed by atoms with Gasteiger partial charge in [0.05, 0.1) is 12.2 Å². The molecule has 10 heavy (non-hydrogen) atoms. The molecule has 2 N–H and O–H groups in total. The fraction of sp³-hybridized carbons (Fsp3) is 1.00. The Balaban J connectivity index is 2.57. The number of rotatable bonds is 1. The van der Waals surface area contributed by atoms with Crippen LogP contribution in [0.2, 0.25) is 0 Å². The summed E-state index contributed by atoms with van der Waals surface area (Å²) in [5.41, 5.74) is -1.52. The van der Waals surface area contributed by atoms with Crippen LogP contribution in [0.1, 0.15) is 19.3 Å². The maximum absolute atomic E-state index is 12.4. The highest BCUT2D eigenvalue weighted by Gasteiger charge is 2.47. The lowest BCUT2D eigenvalue weighted by Gasteiger charge is -2.18. The SMILES string of the molecule is OCC1(O)CCC(F)(F)C1. The molecule has 0 saturated heterocycles. The summed E-state index contributed by atoms with van der Waals surface area (Å²) in [7, 11) is 0. The van der Waals surface area contributed by atoms with Crippen molar-refractivity contribution in [1.82, 2.24) is 0 Å². The summed E-state index contributed by atoms with van der Waals surface area (Å²) in [5, 5.41) is 17.6. The average molecular weight is 152 g/mol. The molecule has 1 fully saturated rings. The number of aliphatic hydroxyl groups excluding tert-OH is 1. The van der Waals surface area contributed by atoms with E-state index in [0.29, 0.717) is 0 Å². The number of halogens is 2. The van der Waals surface area contributed by atoms with Gasteiger partial charge in [-0.1, -0.05) is 0 Å². The molecule has 1 unspecified atom stereocenters. The molecule has 0 aromatic rings. The van der Waals surface area contributed by atoms with Crippen LogP contribution in [0.15, 0.2) is 0 Å². The monoisotopic (exact) mass is 152 g/mol. The van der Waals surface area contributed by atoms with Gasteiger partial charge in [0.1, 0.15) is 0 Å². The van der Waals surface area contributed by atoms with Crippen molar-refractivity contribution in [2.24, 2.45) is 0 Å². The molecule has 1 rings (SSSR count). The Morgan fingerprint density at radius 3 is 2.10 bits per heavy atom. The van der Waals surface area contributed by atoms with Crippen molar-refractivity contribution < 1.29 is 19.0 Å². The minimum absolute atomic E-state index is 0.00347. The highest BCUT2D eigenvalue weighted by Crippen LogP contribution is 2.40. The van der Waals surface area contributed by atoms with E-state index >= 15 is 0 Å². The van der Waals surface area contributed by atoms with Gasteiger partial charge in [-0.15, -0.1) is 0 Å². The second-order valence-corrected chi connectivity index (χ2v) is 2.92. The summed E-state index contributed by atoms with van der Waals surface area (Å²) in [6, 6.07) is 0. The minimum atomic E-state index is -2.78. The highest BCUT2D eigenvalue weighted by molar-refractivity contribution is 4.92. The largest absolute Gasteiger partial charge is 0.393 e. The third-order valence-electron chi connectivity index (χ3n) is 1.84. The van der Waals surface area contributed by atoms with E-state index in [9.17, 15) is 8.78 Å². The molecule has 1 aliphatic rings. The maximum Gasteiger partial charge on any atom is 0.251 e. The normalized spacial score (nSPS) is 38.4. The standard InChI is InChI=1S/C6H10F2O2/c7-6(8)2-1-5(10,3-6)4-9/h9-10H,1-4H2. The van der Waals surface area contributed by atoms with Gasteiger partial charge < -0.3 is 10.2 Å². The second-order valence-electron chi connectivity index (χ2n) is 2.92. The van der Waals surface area contributed by atoms with Crippen LogP contribution in [0.4, 0.5) is 8.78 Å². The van der Waals surface area contributed by atoms with E-state index in [1.54, 1.807) is 0 Å². The molecular formula is C6H10F2O2. The Morgan fingerprint density at radius 2 is 1.90 bits per heavy atom. The lowest BCUT2D eigenvalue weighted by molar-refractivity contribution is -0.0551. The molecule has 0 amide bonds. The predicted octanol–water partition coefficient (Wildman–Crippen LogP) is 0.529. The van der Waals surface area contributed by atoms with Gasteiger partial charge in [0, 0.05) is 12.8 Å². The summed E-state index contributed by atoms with van der Waals surface area (Å²) in [6.45, 7) is -0.567. The van der Waals surface area contributed by atoms with Gasteiger partial charge in [0.15, 0.2) is 0 Å². The summed E-state index contributed by atoms with van der Waals surface area (Å²) >= 11 is 0. The van der Waals surface area contributed by atoms with Crippen molar-refractivity contribution in [3.05, 3.63) is 0 Å². The molecule has 1 atom stereocenters. The van der Waals surface area contributed by atoms with Crippen molar-refractivity contribution in [2.45, 2.75) is 30.8 Å². The summed E-state index contributed by atoms with van der Waals surface area (Å²) in [6.07, 6.45) is -0.920. The van der Waals surface area contributed by atoms with Crippen LogP contribution in [0, 0.1) is 0 Å². The molecule has 2 nitrogen and oxygen atoms in total. The van der Waals surface area contributed by atoms with E-state index in [-0.39, 0.29) is 12.8 Å². The van der Waals surface area contributed by atoms with Crippen molar-refractivity contribution in [3.8, 4) is 0 Å². The summed E-state index contributed by atoms with van der Waals surface area (Å²) in [5.74, 6) is -2.78. The molecule has 0 radical (unpaired) electrons. The van der Waals surface area contributed by atoms with E-state index in [1.165, 1.54) is 0 Å². The van der Waals surface area contributed by atoms with Crippen LogP contribution >= 0.6 is 0 Å². The minimum Gasteiger partial charge on any atom is -0.393 e. The fourth-order valence-corrected chi connectivity index (χ4v) is 1.21. The lowest BCUT2D eigenvalue weighted by Crippen LogP contribution is -2.31. The molecule has 0 heterocycles. The van der Waals surface area contributed by atoms with Crippen LogP contribution in [-0.2, 0) is 0 Å². The average Bonchev–Trinajstić information content (AvgIpc) is 2.08. The molecule has 4 heteroatoms. The Morgan fingerprint density at radius 1 is 1.30 bits per heavy atom. The zero-order valence-electron chi connectivity index (χ0n) is 5.48. The number of hydrogen-bond acceptors (Lipinski definition) is 2. The Labute approximate surface area is 57.5 Å². The van der Waals surface area contributed by atoms with Gasteiger partial charge in [0.25, 0.3) is 5.92 Å². The summed E-state index contributed by atoms with van der Waals surface area (Å²) < 4.78 is 24.7. The molecule has 0 aliphatic heterocycles. The van der Waals surface area contributed by atoms with Gasteiger partial charge in [-0.05, 0) is 6.42 Å². The molecule has 1 saturated carbocycles. The lowest BCUT2D eigenvalue weighted by atomic mass is 10.0. The van der Waals surface area contributed by atoms with Crippen LogP contribution < -0.4 is 0 Å². The van der Waals surface area contributed by atoms with Crippen LogP contribution in [-0.4, -0.2) is 28.3 Å². The molecule has 60 valence electrons. The smallest absolute Gasteiger partial charge is 0.251 e. The molecule has 0 aromatic carbocycles. The van der Waals surface area contributed by atoms with Crippen LogP contribution in [0.25, 0.3) is 0 Å². The molecule has 0 aromatic heterocycles.